The van der Waals surface area contributed by atoms with E-state index in [0.29, 0.717) is 24.1 Å². The van der Waals surface area contributed by atoms with E-state index in [2.05, 4.69) is 15.3 Å². The lowest BCUT2D eigenvalue weighted by molar-refractivity contribution is 0.0697. The maximum absolute atomic E-state index is 10.8. The molecule has 0 spiro atoms. The van der Waals surface area contributed by atoms with E-state index in [-0.39, 0.29) is 5.56 Å². The van der Waals surface area contributed by atoms with Gasteiger partial charge >= 0.3 is 5.97 Å². The van der Waals surface area contributed by atoms with Crippen molar-refractivity contribution in [2.45, 2.75) is 13.8 Å². The Morgan fingerprint density at radius 1 is 1.30 bits per heavy atom. The Morgan fingerprint density at radius 2 is 2.00 bits per heavy atom. The van der Waals surface area contributed by atoms with Crippen LogP contribution < -0.4 is 10.1 Å². The van der Waals surface area contributed by atoms with Crippen LogP contribution in [0.2, 0.25) is 0 Å². The number of hydrogen-bond acceptors (Lipinski definition) is 5. The summed E-state index contributed by atoms with van der Waals surface area (Å²) in [6.07, 6.45) is 0. The summed E-state index contributed by atoms with van der Waals surface area (Å²) in [5, 5.41) is 11.9. The minimum Gasteiger partial charge on any atom is -0.478 e. The standard InChI is InChI=1S/C14H15N3O3/c1-3-20-13-8-12(15-9(2)16-13)17-11-6-4-10(5-7-11)14(18)19/h4-8H,3H2,1-2H3,(H,18,19)(H,15,16,17). The number of carbonyl (C=O) groups is 1. The maximum atomic E-state index is 10.8. The van der Waals surface area contributed by atoms with Gasteiger partial charge in [-0.25, -0.2) is 9.78 Å². The highest BCUT2D eigenvalue weighted by molar-refractivity contribution is 5.88. The van der Waals surface area contributed by atoms with Gasteiger partial charge in [-0.1, -0.05) is 0 Å². The first-order valence-electron chi connectivity index (χ1n) is 6.17. The van der Waals surface area contributed by atoms with Crippen LogP contribution in [0.15, 0.2) is 30.3 Å². The van der Waals surface area contributed by atoms with E-state index in [1.54, 1.807) is 25.1 Å². The summed E-state index contributed by atoms with van der Waals surface area (Å²) in [6, 6.07) is 8.12. The first kappa shape index (κ1) is 13.8. The average Bonchev–Trinajstić information content (AvgIpc) is 2.39. The van der Waals surface area contributed by atoms with E-state index >= 15 is 0 Å². The molecule has 2 aromatic rings. The molecule has 104 valence electrons. The Morgan fingerprint density at radius 3 is 2.60 bits per heavy atom. The van der Waals surface area contributed by atoms with E-state index in [1.165, 1.54) is 12.1 Å². The van der Waals surface area contributed by atoms with Crippen LogP contribution in [-0.2, 0) is 0 Å². The molecule has 1 aromatic carbocycles. The molecule has 2 rings (SSSR count). The number of rotatable bonds is 5. The number of aromatic carboxylic acids is 1. The maximum Gasteiger partial charge on any atom is 0.335 e. The smallest absolute Gasteiger partial charge is 0.335 e. The van der Waals surface area contributed by atoms with Crippen molar-refractivity contribution in [2.24, 2.45) is 0 Å². The van der Waals surface area contributed by atoms with E-state index in [4.69, 9.17) is 9.84 Å². The highest BCUT2D eigenvalue weighted by Gasteiger charge is 2.05. The van der Waals surface area contributed by atoms with E-state index in [9.17, 15) is 4.79 Å². The fraction of sp³-hybridized carbons (Fsp3) is 0.214. The molecule has 20 heavy (non-hydrogen) atoms. The molecule has 0 amide bonds. The molecule has 0 aliphatic carbocycles. The third-order valence-corrected chi connectivity index (χ3v) is 2.51. The van der Waals surface area contributed by atoms with Crippen molar-refractivity contribution in [3.8, 4) is 5.88 Å². The second-order valence-electron chi connectivity index (χ2n) is 4.08. The second-order valence-corrected chi connectivity index (χ2v) is 4.08. The Labute approximate surface area is 116 Å². The summed E-state index contributed by atoms with van der Waals surface area (Å²) in [5.41, 5.74) is 0.986. The van der Waals surface area contributed by atoms with Gasteiger partial charge in [-0.15, -0.1) is 0 Å². The van der Waals surface area contributed by atoms with Gasteiger partial charge < -0.3 is 15.2 Å². The van der Waals surface area contributed by atoms with Crippen molar-refractivity contribution in [3.63, 3.8) is 0 Å². The van der Waals surface area contributed by atoms with Crippen molar-refractivity contribution in [1.29, 1.82) is 0 Å². The highest BCUT2D eigenvalue weighted by atomic mass is 16.5. The second kappa shape index (κ2) is 6.01. The fourth-order valence-corrected chi connectivity index (χ4v) is 1.67. The van der Waals surface area contributed by atoms with Gasteiger partial charge in [-0.05, 0) is 38.1 Å². The van der Waals surface area contributed by atoms with E-state index in [0.717, 1.165) is 5.69 Å². The minimum absolute atomic E-state index is 0.240. The van der Waals surface area contributed by atoms with Crippen LogP contribution in [0.3, 0.4) is 0 Å². The zero-order valence-corrected chi connectivity index (χ0v) is 11.3. The zero-order chi connectivity index (χ0) is 14.5. The predicted octanol–water partition coefficient (Wildman–Crippen LogP) is 2.63. The quantitative estimate of drug-likeness (QED) is 0.871. The molecule has 0 aliphatic rings. The van der Waals surface area contributed by atoms with Crippen LogP contribution in [0.5, 0.6) is 5.88 Å². The predicted molar refractivity (Wildman–Crippen MR) is 74.6 cm³/mol. The Hall–Kier alpha value is -2.63. The number of aryl methyl sites for hydroxylation is 1. The minimum atomic E-state index is -0.951. The summed E-state index contributed by atoms with van der Waals surface area (Å²) in [4.78, 5) is 19.2. The number of nitrogens with zero attached hydrogens (tertiary/aromatic N) is 2. The summed E-state index contributed by atoms with van der Waals surface area (Å²) in [5.74, 6) is 0.752. The van der Waals surface area contributed by atoms with Gasteiger partial charge in [0.1, 0.15) is 11.6 Å². The molecule has 0 atom stereocenters. The molecule has 0 saturated heterocycles. The molecule has 0 radical (unpaired) electrons. The van der Waals surface area contributed by atoms with Gasteiger partial charge in [0.05, 0.1) is 12.2 Å². The number of aromatic nitrogens is 2. The molecule has 0 aliphatic heterocycles. The molecule has 0 fully saturated rings. The Bertz CT molecular complexity index is 612. The van der Waals surface area contributed by atoms with Crippen molar-refractivity contribution in [3.05, 3.63) is 41.7 Å². The van der Waals surface area contributed by atoms with Crippen molar-refractivity contribution in [2.75, 3.05) is 11.9 Å². The van der Waals surface area contributed by atoms with Crippen LogP contribution in [0.1, 0.15) is 23.1 Å². The topological polar surface area (TPSA) is 84.3 Å². The lowest BCUT2D eigenvalue weighted by Gasteiger charge is -2.09. The molecule has 0 bridgehead atoms. The van der Waals surface area contributed by atoms with Crippen LogP contribution in [0.25, 0.3) is 0 Å². The molecule has 1 aromatic heterocycles. The molecule has 0 unspecified atom stereocenters. The summed E-state index contributed by atoms with van der Waals surface area (Å²) in [7, 11) is 0. The number of hydrogen-bond donors (Lipinski definition) is 2. The largest absolute Gasteiger partial charge is 0.478 e. The number of carboxylic acid groups (broad SMARTS) is 1. The monoisotopic (exact) mass is 273 g/mol. The first-order valence-corrected chi connectivity index (χ1v) is 6.17. The number of nitrogens with one attached hydrogen (secondary N) is 1. The van der Waals surface area contributed by atoms with Gasteiger partial charge in [0, 0.05) is 11.8 Å². The number of benzene rings is 1. The molecule has 2 N–H and O–H groups in total. The third kappa shape index (κ3) is 3.44. The zero-order valence-electron chi connectivity index (χ0n) is 11.3. The van der Waals surface area contributed by atoms with Crippen LogP contribution in [0, 0.1) is 6.92 Å². The van der Waals surface area contributed by atoms with Crippen molar-refractivity contribution >= 4 is 17.5 Å². The number of carboxylic acids is 1. The van der Waals surface area contributed by atoms with Crippen molar-refractivity contribution < 1.29 is 14.6 Å². The molecule has 6 heteroatoms. The van der Waals surface area contributed by atoms with E-state index < -0.39 is 5.97 Å². The first-order chi connectivity index (χ1) is 9.58. The SMILES string of the molecule is CCOc1cc(Nc2ccc(C(=O)O)cc2)nc(C)n1. The van der Waals surface area contributed by atoms with Gasteiger partial charge in [-0.2, -0.15) is 4.98 Å². The van der Waals surface area contributed by atoms with Gasteiger partial charge in [0.2, 0.25) is 5.88 Å². The Balaban J connectivity index is 2.18. The Kier molecular flexibility index (Phi) is 4.14. The fourth-order valence-electron chi connectivity index (χ4n) is 1.67. The third-order valence-electron chi connectivity index (χ3n) is 2.51. The van der Waals surface area contributed by atoms with Crippen LogP contribution in [-0.4, -0.2) is 27.7 Å². The summed E-state index contributed by atoms with van der Waals surface area (Å²) >= 11 is 0. The molecular formula is C14H15N3O3. The van der Waals surface area contributed by atoms with Crippen LogP contribution >= 0.6 is 0 Å². The normalized spacial score (nSPS) is 10.1. The molecule has 1 heterocycles. The van der Waals surface area contributed by atoms with Crippen molar-refractivity contribution in [1.82, 2.24) is 9.97 Å². The number of ether oxygens (including phenoxy) is 1. The van der Waals surface area contributed by atoms with Crippen LogP contribution in [0.4, 0.5) is 11.5 Å². The average molecular weight is 273 g/mol. The van der Waals surface area contributed by atoms with Gasteiger partial charge in [0.25, 0.3) is 0 Å². The lowest BCUT2D eigenvalue weighted by Crippen LogP contribution is -2.02. The summed E-state index contributed by atoms with van der Waals surface area (Å²) < 4.78 is 5.35. The highest BCUT2D eigenvalue weighted by Crippen LogP contribution is 2.19. The molecule has 6 nitrogen and oxygen atoms in total. The number of anilines is 2. The summed E-state index contributed by atoms with van der Waals surface area (Å²) in [6.45, 7) is 4.19. The lowest BCUT2D eigenvalue weighted by atomic mass is 10.2. The van der Waals surface area contributed by atoms with Gasteiger partial charge in [-0.3, -0.25) is 0 Å². The van der Waals surface area contributed by atoms with E-state index in [1.807, 2.05) is 6.92 Å². The molecular weight excluding hydrogens is 258 g/mol. The molecule has 0 saturated carbocycles. The van der Waals surface area contributed by atoms with Gasteiger partial charge in [0.15, 0.2) is 0 Å².